The van der Waals surface area contributed by atoms with Crippen molar-refractivity contribution in [3.8, 4) is 0 Å². The topological polar surface area (TPSA) is 52.3 Å². The molecule has 1 aliphatic heterocycles. The van der Waals surface area contributed by atoms with Crippen LogP contribution in [0.15, 0.2) is 12.2 Å². The third kappa shape index (κ3) is 1.36. The van der Waals surface area contributed by atoms with Gasteiger partial charge < -0.3 is 10.5 Å². The summed E-state index contributed by atoms with van der Waals surface area (Å²) in [7, 11) is 0. The molecule has 0 unspecified atom stereocenters. The zero-order valence-corrected chi connectivity index (χ0v) is 5.80. The Morgan fingerprint density at radius 1 is 1.70 bits per heavy atom. The Morgan fingerprint density at radius 3 is 2.80 bits per heavy atom. The molecule has 1 amide bonds. The van der Waals surface area contributed by atoms with Crippen LogP contribution < -0.4 is 5.73 Å². The first-order valence-electron chi connectivity index (χ1n) is 3.28. The number of primary amides is 1. The predicted octanol–water partition coefficient (Wildman–Crippen LogP) is 0.0644. The third-order valence-corrected chi connectivity index (χ3v) is 1.74. The molecule has 1 rings (SSSR count). The molecule has 0 aromatic heterocycles. The Morgan fingerprint density at radius 2 is 2.40 bits per heavy atom. The predicted molar refractivity (Wildman–Crippen MR) is 37.3 cm³/mol. The number of nitrogens with two attached hydrogens (primary N) is 1. The van der Waals surface area contributed by atoms with E-state index < -0.39 is 5.91 Å². The smallest absolute Gasteiger partial charge is 0.244 e. The van der Waals surface area contributed by atoms with Gasteiger partial charge in [-0.25, -0.2) is 0 Å². The van der Waals surface area contributed by atoms with Crippen LogP contribution in [0, 0.1) is 5.92 Å². The second kappa shape index (κ2) is 2.84. The van der Waals surface area contributed by atoms with Crippen molar-refractivity contribution in [1.29, 1.82) is 0 Å². The lowest BCUT2D eigenvalue weighted by atomic mass is 10.00. The Balaban J connectivity index is 2.48. The van der Waals surface area contributed by atoms with Gasteiger partial charge in [0, 0.05) is 18.1 Å². The molecule has 56 valence electrons. The quantitative estimate of drug-likeness (QED) is 0.553. The van der Waals surface area contributed by atoms with Gasteiger partial charge in [0.25, 0.3) is 0 Å². The van der Waals surface area contributed by atoms with E-state index in [0.717, 1.165) is 13.0 Å². The van der Waals surface area contributed by atoms with E-state index in [1.807, 2.05) is 0 Å². The van der Waals surface area contributed by atoms with Gasteiger partial charge in [-0.05, 0) is 6.42 Å². The monoisotopic (exact) mass is 141 g/mol. The van der Waals surface area contributed by atoms with Crippen LogP contribution in [0.25, 0.3) is 0 Å². The summed E-state index contributed by atoms with van der Waals surface area (Å²) in [6.07, 6.45) is 0.877. The first-order chi connectivity index (χ1) is 4.72. The molecule has 0 radical (unpaired) electrons. The molecule has 0 spiro atoms. The summed E-state index contributed by atoms with van der Waals surface area (Å²) in [4.78, 5) is 10.6. The normalized spacial score (nSPS) is 24.6. The molecule has 10 heavy (non-hydrogen) atoms. The van der Waals surface area contributed by atoms with Crippen molar-refractivity contribution in [2.24, 2.45) is 11.7 Å². The summed E-state index contributed by atoms with van der Waals surface area (Å²) < 4.78 is 5.06. The van der Waals surface area contributed by atoms with E-state index in [1.165, 1.54) is 0 Å². The molecule has 1 fully saturated rings. The SMILES string of the molecule is C=C(C(N)=O)[C@H]1CCOC1. The van der Waals surface area contributed by atoms with Crippen molar-refractivity contribution in [3.05, 3.63) is 12.2 Å². The van der Waals surface area contributed by atoms with Crippen LogP contribution >= 0.6 is 0 Å². The van der Waals surface area contributed by atoms with E-state index in [9.17, 15) is 4.79 Å². The molecule has 3 nitrogen and oxygen atoms in total. The highest BCUT2D eigenvalue weighted by Gasteiger charge is 2.21. The van der Waals surface area contributed by atoms with Gasteiger partial charge in [-0.15, -0.1) is 0 Å². The Kier molecular flexibility index (Phi) is 2.06. The molecular formula is C7H11NO2. The van der Waals surface area contributed by atoms with E-state index in [4.69, 9.17) is 10.5 Å². The number of carbonyl (C=O) groups excluding carboxylic acids is 1. The van der Waals surface area contributed by atoms with Crippen molar-refractivity contribution in [2.45, 2.75) is 6.42 Å². The molecule has 0 aromatic rings. The van der Waals surface area contributed by atoms with Crippen LogP contribution in [0.5, 0.6) is 0 Å². The van der Waals surface area contributed by atoms with Gasteiger partial charge in [-0.2, -0.15) is 0 Å². The summed E-state index contributed by atoms with van der Waals surface area (Å²) in [6.45, 7) is 4.90. The minimum absolute atomic E-state index is 0.164. The Labute approximate surface area is 59.8 Å². The van der Waals surface area contributed by atoms with E-state index in [2.05, 4.69) is 6.58 Å². The maximum Gasteiger partial charge on any atom is 0.244 e. The number of amides is 1. The summed E-state index contributed by atoms with van der Waals surface area (Å²) >= 11 is 0. The third-order valence-electron chi connectivity index (χ3n) is 1.74. The Bertz CT molecular complexity index is 159. The van der Waals surface area contributed by atoms with E-state index in [0.29, 0.717) is 12.2 Å². The highest BCUT2D eigenvalue weighted by Crippen LogP contribution is 2.19. The zero-order chi connectivity index (χ0) is 7.56. The molecular weight excluding hydrogens is 130 g/mol. The molecule has 1 heterocycles. The molecule has 3 heteroatoms. The van der Waals surface area contributed by atoms with Gasteiger partial charge >= 0.3 is 0 Å². The van der Waals surface area contributed by atoms with E-state index in [-0.39, 0.29) is 5.92 Å². The second-order valence-corrected chi connectivity index (χ2v) is 2.45. The van der Waals surface area contributed by atoms with Crippen LogP contribution in [0.1, 0.15) is 6.42 Å². The Hall–Kier alpha value is -0.830. The standard InChI is InChI=1S/C7H11NO2/c1-5(7(8)9)6-2-3-10-4-6/h6H,1-4H2,(H2,8,9)/t6-/m0/s1. The average Bonchev–Trinajstić information content (AvgIpc) is 2.36. The fourth-order valence-corrected chi connectivity index (χ4v) is 1.01. The van der Waals surface area contributed by atoms with Crippen LogP contribution in [0.4, 0.5) is 0 Å². The maximum atomic E-state index is 10.6. The molecule has 0 aromatic carbocycles. The minimum atomic E-state index is -0.407. The lowest BCUT2D eigenvalue weighted by Gasteiger charge is -2.05. The second-order valence-electron chi connectivity index (χ2n) is 2.45. The van der Waals surface area contributed by atoms with Crippen molar-refractivity contribution in [1.82, 2.24) is 0 Å². The largest absolute Gasteiger partial charge is 0.381 e. The van der Waals surface area contributed by atoms with E-state index in [1.54, 1.807) is 0 Å². The van der Waals surface area contributed by atoms with Crippen LogP contribution in [-0.4, -0.2) is 19.1 Å². The molecule has 1 aliphatic rings. The fraction of sp³-hybridized carbons (Fsp3) is 0.571. The first-order valence-corrected chi connectivity index (χ1v) is 3.28. The summed E-state index contributed by atoms with van der Waals surface area (Å²) in [5.41, 5.74) is 5.52. The zero-order valence-electron chi connectivity index (χ0n) is 5.80. The number of hydrogen-bond donors (Lipinski definition) is 1. The van der Waals surface area contributed by atoms with Crippen LogP contribution in [-0.2, 0) is 9.53 Å². The van der Waals surface area contributed by atoms with Crippen molar-refractivity contribution in [3.63, 3.8) is 0 Å². The van der Waals surface area contributed by atoms with Gasteiger partial charge in [0.2, 0.25) is 5.91 Å². The van der Waals surface area contributed by atoms with Gasteiger partial charge in [-0.1, -0.05) is 6.58 Å². The number of hydrogen-bond acceptors (Lipinski definition) is 2. The van der Waals surface area contributed by atoms with Gasteiger partial charge in [-0.3, -0.25) is 4.79 Å². The fourth-order valence-electron chi connectivity index (χ4n) is 1.01. The molecule has 0 bridgehead atoms. The molecule has 0 aliphatic carbocycles. The highest BCUT2D eigenvalue weighted by atomic mass is 16.5. The van der Waals surface area contributed by atoms with Crippen molar-refractivity contribution >= 4 is 5.91 Å². The first kappa shape index (κ1) is 7.28. The van der Waals surface area contributed by atoms with Crippen molar-refractivity contribution in [2.75, 3.05) is 13.2 Å². The molecule has 2 N–H and O–H groups in total. The number of carbonyl (C=O) groups is 1. The average molecular weight is 141 g/mol. The highest BCUT2D eigenvalue weighted by molar-refractivity contribution is 5.91. The van der Waals surface area contributed by atoms with Crippen LogP contribution in [0.3, 0.4) is 0 Å². The van der Waals surface area contributed by atoms with Crippen molar-refractivity contribution < 1.29 is 9.53 Å². The minimum Gasteiger partial charge on any atom is -0.381 e. The van der Waals surface area contributed by atoms with E-state index >= 15 is 0 Å². The maximum absolute atomic E-state index is 10.6. The number of rotatable bonds is 2. The van der Waals surface area contributed by atoms with Gasteiger partial charge in [0.05, 0.1) is 6.61 Å². The molecule has 1 saturated heterocycles. The molecule has 0 saturated carbocycles. The summed E-state index contributed by atoms with van der Waals surface area (Å²) in [5.74, 6) is -0.243. The molecule has 1 atom stereocenters. The lowest BCUT2D eigenvalue weighted by Crippen LogP contribution is -2.19. The van der Waals surface area contributed by atoms with Gasteiger partial charge in [0.1, 0.15) is 0 Å². The number of ether oxygens (including phenoxy) is 1. The van der Waals surface area contributed by atoms with Crippen LogP contribution in [0.2, 0.25) is 0 Å². The van der Waals surface area contributed by atoms with Gasteiger partial charge in [0.15, 0.2) is 0 Å². The summed E-state index contributed by atoms with van der Waals surface area (Å²) in [6, 6.07) is 0. The lowest BCUT2D eigenvalue weighted by molar-refractivity contribution is -0.115. The summed E-state index contributed by atoms with van der Waals surface area (Å²) in [5, 5.41) is 0.